The van der Waals surface area contributed by atoms with Crippen molar-refractivity contribution in [2.75, 3.05) is 5.32 Å². The highest BCUT2D eigenvalue weighted by Gasteiger charge is 2.09. The first-order chi connectivity index (χ1) is 10.6. The number of hydrogen-bond donors (Lipinski definition) is 1. The second-order valence-electron chi connectivity index (χ2n) is 4.93. The first-order valence-electron chi connectivity index (χ1n) is 6.84. The van der Waals surface area contributed by atoms with E-state index in [1.54, 1.807) is 18.3 Å². The lowest BCUT2D eigenvalue weighted by Gasteiger charge is -2.08. The van der Waals surface area contributed by atoms with Gasteiger partial charge in [-0.1, -0.05) is 17.7 Å². The van der Waals surface area contributed by atoms with E-state index in [9.17, 15) is 4.79 Å². The fraction of sp³-hybridized carbons (Fsp3) is 0.125. The second kappa shape index (κ2) is 5.77. The maximum absolute atomic E-state index is 12.2. The summed E-state index contributed by atoms with van der Waals surface area (Å²) in [5.74, 6) is 1.72. The van der Waals surface area contributed by atoms with Gasteiger partial charge >= 0.3 is 0 Å². The number of benzene rings is 1. The Kier molecular flexibility index (Phi) is 3.65. The molecule has 0 aliphatic rings. The number of amides is 1. The summed E-state index contributed by atoms with van der Waals surface area (Å²) in [6.45, 7) is 3.83. The van der Waals surface area contributed by atoms with Crippen LogP contribution in [0.1, 0.15) is 21.7 Å². The van der Waals surface area contributed by atoms with Crippen LogP contribution in [0.25, 0.3) is 5.82 Å². The number of rotatable bonds is 3. The summed E-state index contributed by atoms with van der Waals surface area (Å²) in [6, 6.07) is 9.11. The molecular formula is C16H15N5O. The number of nitrogens with one attached hydrogen (secondary N) is 1. The molecule has 6 heteroatoms. The van der Waals surface area contributed by atoms with Crippen molar-refractivity contribution in [2.24, 2.45) is 0 Å². The minimum atomic E-state index is -0.198. The molecule has 110 valence electrons. The zero-order chi connectivity index (χ0) is 15.5. The van der Waals surface area contributed by atoms with Crippen LogP contribution in [-0.4, -0.2) is 25.4 Å². The minimum absolute atomic E-state index is 0.198. The highest BCUT2D eigenvalue weighted by atomic mass is 16.1. The molecule has 0 aliphatic carbocycles. The van der Waals surface area contributed by atoms with E-state index in [-0.39, 0.29) is 5.91 Å². The van der Waals surface area contributed by atoms with Crippen LogP contribution >= 0.6 is 0 Å². The average Bonchev–Trinajstić information content (AvgIpc) is 2.94. The van der Waals surface area contributed by atoms with Crippen LogP contribution < -0.4 is 5.32 Å². The summed E-state index contributed by atoms with van der Waals surface area (Å²) in [4.78, 5) is 24.7. The molecule has 0 aliphatic heterocycles. The van der Waals surface area contributed by atoms with Crippen LogP contribution in [0, 0.1) is 13.8 Å². The van der Waals surface area contributed by atoms with E-state index < -0.39 is 0 Å². The number of anilines is 1. The summed E-state index contributed by atoms with van der Waals surface area (Å²) in [7, 11) is 0. The average molecular weight is 293 g/mol. The third-order valence-corrected chi connectivity index (χ3v) is 3.25. The zero-order valence-corrected chi connectivity index (χ0v) is 12.3. The van der Waals surface area contributed by atoms with Crippen LogP contribution in [-0.2, 0) is 0 Å². The van der Waals surface area contributed by atoms with Crippen molar-refractivity contribution in [3.8, 4) is 5.82 Å². The molecule has 1 amide bonds. The molecule has 0 atom stereocenters. The Labute approximate surface area is 127 Å². The molecule has 0 saturated heterocycles. The van der Waals surface area contributed by atoms with Crippen molar-refractivity contribution in [3.05, 3.63) is 66.0 Å². The third kappa shape index (κ3) is 2.85. The first-order valence-corrected chi connectivity index (χ1v) is 6.84. The summed E-state index contributed by atoms with van der Waals surface area (Å²) in [6.07, 6.45) is 4.92. The minimum Gasteiger partial charge on any atom is -0.306 e. The van der Waals surface area contributed by atoms with Gasteiger partial charge < -0.3 is 5.32 Å². The van der Waals surface area contributed by atoms with Gasteiger partial charge in [-0.25, -0.2) is 15.0 Å². The number of aryl methyl sites for hydroxylation is 2. The predicted octanol–water partition coefficient (Wildman–Crippen LogP) is 2.53. The fourth-order valence-electron chi connectivity index (χ4n) is 2.14. The van der Waals surface area contributed by atoms with Gasteiger partial charge in [0.2, 0.25) is 0 Å². The highest BCUT2D eigenvalue weighted by molar-refractivity contribution is 6.03. The van der Waals surface area contributed by atoms with Crippen molar-refractivity contribution >= 4 is 11.7 Å². The summed E-state index contributed by atoms with van der Waals surface area (Å²) < 4.78 is 1.82. The summed E-state index contributed by atoms with van der Waals surface area (Å²) in [5, 5.41) is 2.78. The number of nitrogens with zero attached hydrogens (tertiary/aromatic N) is 4. The van der Waals surface area contributed by atoms with E-state index in [0.29, 0.717) is 17.2 Å². The van der Waals surface area contributed by atoms with E-state index >= 15 is 0 Å². The molecule has 0 unspecified atom stereocenters. The number of carbonyl (C=O) groups excluding carboxylic acids is 1. The standard InChI is InChI=1S/C16H15N5O/c1-11-4-3-5-13(8-11)16(22)20-14-9-15(19-10-18-14)21-7-6-17-12(21)2/h3-10H,1-2H3,(H,18,19,20,22). The molecule has 2 aromatic heterocycles. The van der Waals surface area contributed by atoms with E-state index in [2.05, 4.69) is 20.3 Å². The Morgan fingerprint density at radius 3 is 2.73 bits per heavy atom. The lowest BCUT2D eigenvalue weighted by Crippen LogP contribution is -2.13. The van der Waals surface area contributed by atoms with Gasteiger partial charge in [-0.3, -0.25) is 9.36 Å². The van der Waals surface area contributed by atoms with E-state index in [1.807, 2.05) is 42.8 Å². The predicted molar refractivity (Wildman–Crippen MR) is 83.0 cm³/mol. The Balaban J connectivity index is 1.84. The molecule has 3 aromatic rings. The van der Waals surface area contributed by atoms with Crippen molar-refractivity contribution < 1.29 is 4.79 Å². The Bertz CT molecular complexity index is 825. The number of hydrogen-bond acceptors (Lipinski definition) is 4. The highest BCUT2D eigenvalue weighted by Crippen LogP contribution is 2.12. The van der Waals surface area contributed by atoms with Crippen molar-refractivity contribution in [1.82, 2.24) is 19.5 Å². The van der Waals surface area contributed by atoms with Crippen molar-refractivity contribution in [1.29, 1.82) is 0 Å². The molecule has 0 fully saturated rings. The Morgan fingerprint density at radius 2 is 2.00 bits per heavy atom. The van der Waals surface area contributed by atoms with Gasteiger partial charge in [0, 0.05) is 24.0 Å². The molecule has 6 nitrogen and oxygen atoms in total. The van der Waals surface area contributed by atoms with Gasteiger partial charge in [-0.15, -0.1) is 0 Å². The lowest BCUT2D eigenvalue weighted by molar-refractivity contribution is 0.102. The van der Waals surface area contributed by atoms with E-state index in [4.69, 9.17) is 0 Å². The topological polar surface area (TPSA) is 72.7 Å². The summed E-state index contributed by atoms with van der Waals surface area (Å²) >= 11 is 0. The number of imidazole rings is 1. The van der Waals surface area contributed by atoms with Crippen LogP contribution in [0.15, 0.2) is 49.1 Å². The fourth-order valence-corrected chi connectivity index (χ4v) is 2.14. The molecule has 0 saturated carbocycles. The quantitative estimate of drug-likeness (QED) is 0.805. The summed E-state index contributed by atoms with van der Waals surface area (Å²) in [5.41, 5.74) is 1.63. The van der Waals surface area contributed by atoms with Gasteiger partial charge in [0.25, 0.3) is 5.91 Å². The monoisotopic (exact) mass is 293 g/mol. The maximum Gasteiger partial charge on any atom is 0.256 e. The molecule has 0 spiro atoms. The molecule has 1 N–H and O–H groups in total. The molecule has 1 aromatic carbocycles. The molecule has 0 bridgehead atoms. The normalized spacial score (nSPS) is 10.5. The van der Waals surface area contributed by atoms with Crippen LogP contribution in [0.4, 0.5) is 5.82 Å². The maximum atomic E-state index is 12.2. The molecule has 0 radical (unpaired) electrons. The van der Waals surface area contributed by atoms with Gasteiger partial charge in [0.05, 0.1) is 0 Å². The number of aromatic nitrogens is 4. The van der Waals surface area contributed by atoms with E-state index in [1.165, 1.54) is 6.33 Å². The van der Waals surface area contributed by atoms with Crippen LogP contribution in [0.2, 0.25) is 0 Å². The second-order valence-corrected chi connectivity index (χ2v) is 4.93. The Hall–Kier alpha value is -3.02. The van der Waals surface area contributed by atoms with Crippen molar-refractivity contribution in [3.63, 3.8) is 0 Å². The molecule has 3 rings (SSSR count). The Morgan fingerprint density at radius 1 is 1.14 bits per heavy atom. The van der Waals surface area contributed by atoms with Crippen molar-refractivity contribution in [2.45, 2.75) is 13.8 Å². The zero-order valence-electron chi connectivity index (χ0n) is 12.3. The van der Waals surface area contributed by atoms with Gasteiger partial charge in [-0.2, -0.15) is 0 Å². The van der Waals surface area contributed by atoms with E-state index in [0.717, 1.165) is 11.4 Å². The SMILES string of the molecule is Cc1cccc(C(=O)Nc2cc(-n3ccnc3C)ncn2)c1. The van der Waals surface area contributed by atoms with Gasteiger partial charge in [0.1, 0.15) is 23.8 Å². The largest absolute Gasteiger partial charge is 0.306 e. The lowest BCUT2D eigenvalue weighted by atomic mass is 10.1. The molecule has 22 heavy (non-hydrogen) atoms. The van der Waals surface area contributed by atoms with Gasteiger partial charge in [0.15, 0.2) is 0 Å². The smallest absolute Gasteiger partial charge is 0.256 e. The number of carbonyl (C=O) groups is 1. The van der Waals surface area contributed by atoms with Crippen LogP contribution in [0.3, 0.4) is 0 Å². The third-order valence-electron chi connectivity index (χ3n) is 3.25. The first kappa shape index (κ1) is 13.9. The van der Waals surface area contributed by atoms with Gasteiger partial charge in [-0.05, 0) is 26.0 Å². The molecular weight excluding hydrogens is 278 g/mol. The molecule has 2 heterocycles. The van der Waals surface area contributed by atoms with Crippen LogP contribution in [0.5, 0.6) is 0 Å².